The number of hydrogen-bond donors (Lipinski definition) is 1. The molecule has 1 N–H and O–H groups in total. The highest BCUT2D eigenvalue weighted by Crippen LogP contribution is 2.26. The molecule has 2 rings (SSSR count). The lowest BCUT2D eigenvalue weighted by Gasteiger charge is -2.12. The second-order valence-electron chi connectivity index (χ2n) is 5.06. The van der Waals surface area contributed by atoms with Crippen LogP contribution >= 0.6 is 0 Å². The molecular weight excluding hydrogens is 316 g/mol. The lowest BCUT2D eigenvalue weighted by molar-refractivity contribution is -0.385. The number of methoxy groups -OCH3 is 1. The second kappa shape index (κ2) is 6.90. The molecule has 126 valence electrons. The number of amides is 1. The zero-order valence-electron chi connectivity index (χ0n) is 13.3. The van der Waals surface area contributed by atoms with Gasteiger partial charge in [0.2, 0.25) is 5.91 Å². The van der Waals surface area contributed by atoms with E-state index in [1.165, 1.54) is 14.0 Å². The van der Waals surface area contributed by atoms with Crippen molar-refractivity contribution in [3.63, 3.8) is 0 Å². The first-order chi connectivity index (χ1) is 11.3. The monoisotopic (exact) mass is 332 g/mol. The summed E-state index contributed by atoms with van der Waals surface area (Å²) < 4.78 is 6.00. The number of nitro groups is 1. The third-order valence-corrected chi connectivity index (χ3v) is 3.41. The Bertz CT molecular complexity index is 782. The molecule has 1 atom stereocenters. The molecule has 1 aromatic heterocycles. The van der Waals surface area contributed by atoms with Crippen molar-refractivity contribution in [1.82, 2.24) is 9.78 Å². The lowest BCUT2D eigenvalue weighted by atomic mass is 10.1. The van der Waals surface area contributed by atoms with Gasteiger partial charge in [0.05, 0.1) is 12.0 Å². The third-order valence-electron chi connectivity index (χ3n) is 3.41. The molecule has 0 saturated heterocycles. The molecule has 0 fully saturated rings. The van der Waals surface area contributed by atoms with Crippen LogP contribution < -0.4 is 10.1 Å². The first-order valence-corrected chi connectivity index (χ1v) is 7.03. The molecule has 24 heavy (non-hydrogen) atoms. The Morgan fingerprint density at radius 2 is 1.96 bits per heavy atom. The Hall–Kier alpha value is -3.23. The van der Waals surface area contributed by atoms with Crippen molar-refractivity contribution in [3.8, 4) is 5.88 Å². The van der Waals surface area contributed by atoms with Gasteiger partial charge in [-0.25, -0.2) is 4.68 Å². The number of aromatic nitrogens is 2. The van der Waals surface area contributed by atoms with Gasteiger partial charge in [-0.15, -0.1) is 5.10 Å². The number of ether oxygens (including phenoxy) is 1. The van der Waals surface area contributed by atoms with Crippen LogP contribution in [0, 0.1) is 10.1 Å². The van der Waals surface area contributed by atoms with Crippen LogP contribution in [-0.2, 0) is 4.79 Å². The summed E-state index contributed by atoms with van der Waals surface area (Å²) in [6.45, 7) is 3.00. The van der Waals surface area contributed by atoms with Crippen LogP contribution in [0.2, 0.25) is 0 Å². The van der Waals surface area contributed by atoms with Gasteiger partial charge in [0, 0.05) is 11.3 Å². The summed E-state index contributed by atoms with van der Waals surface area (Å²) in [5.41, 5.74) is 0.724. The Balaban J connectivity index is 2.14. The van der Waals surface area contributed by atoms with Crippen molar-refractivity contribution in [2.45, 2.75) is 19.9 Å². The van der Waals surface area contributed by atoms with Crippen LogP contribution in [0.4, 0.5) is 11.4 Å². The number of nitrogens with one attached hydrogen (secondary N) is 1. The maximum atomic E-state index is 12.3. The molecule has 1 amide bonds. The van der Waals surface area contributed by atoms with Gasteiger partial charge < -0.3 is 10.1 Å². The topological polar surface area (TPSA) is 116 Å². The quantitative estimate of drug-likeness (QED) is 0.492. The van der Waals surface area contributed by atoms with Crippen LogP contribution in [0.15, 0.2) is 30.5 Å². The highest BCUT2D eigenvalue weighted by Gasteiger charge is 2.25. The summed E-state index contributed by atoms with van der Waals surface area (Å²) in [5, 5.41) is 17.5. The van der Waals surface area contributed by atoms with E-state index < -0.39 is 16.9 Å². The van der Waals surface area contributed by atoms with Crippen LogP contribution in [0.5, 0.6) is 5.88 Å². The van der Waals surface area contributed by atoms with Crippen LogP contribution in [0.3, 0.4) is 0 Å². The summed E-state index contributed by atoms with van der Waals surface area (Å²) in [5.74, 6) is -0.645. The van der Waals surface area contributed by atoms with Gasteiger partial charge in [-0.2, -0.15) is 0 Å². The van der Waals surface area contributed by atoms with E-state index in [2.05, 4.69) is 10.4 Å². The fourth-order valence-corrected chi connectivity index (χ4v) is 1.99. The average Bonchev–Trinajstić information content (AvgIpc) is 2.99. The maximum Gasteiger partial charge on any atom is 0.350 e. The van der Waals surface area contributed by atoms with Gasteiger partial charge >= 0.3 is 11.6 Å². The molecule has 1 unspecified atom stereocenters. The Labute approximate surface area is 137 Å². The summed E-state index contributed by atoms with van der Waals surface area (Å²) in [6.07, 6.45) is 1.14. The molecule has 2 aromatic rings. The predicted molar refractivity (Wildman–Crippen MR) is 85.2 cm³/mol. The smallest absolute Gasteiger partial charge is 0.350 e. The highest BCUT2D eigenvalue weighted by atomic mass is 16.6. The summed E-state index contributed by atoms with van der Waals surface area (Å²) >= 11 is 0. The number of ketones is 1. The fourth-order valence-electron chi connectivity index (χ4n) is 1.99. The lowest BCUT2D eigenvalue weighted by Crippen LogP contribution is -2.24. The number of nitrogens with zero attached hydrogens (tertiary/aromatic N) is 3. The van der Waals surface area contributed by atoms with Gasteiger partial charge in [-0.3, -0.25) is 19.7 Å². The first kappa shape index (κ1) is 17.1. The molecule has 0 aliphatic heterocycles. The minimum Gasteiger partial charge on any atom is -0.475 e. The maximum absolute atomic E-state index is 12.3. The SMILES string of the molecule is COc1nn(C(C)C(=O)Nc2ccc(C(C)=O)cc2)cc1[N+](=O)[O-]. The molecule has 0 bridgehead atoms. The number of hydrogen-bond acceptors (Lipinski definition) is 6. The molecular formula is C15H16N4O5. The number of anilines is 1. The minimum atomic E-state index is -0.792. The van der Waals surface area contributed by atoms with E-state index in [9.17, 15) is 19.7 Å². The van der Waals surface area contributed by atoms with E-state index in [-0.39, 0.29) is 17.4 Å². The molecule has 0 aliphatic carbocycles. The van der Waals surface area contributed by atoms with Gasteiger partial charge in [0.15, 0.2) is 5.78 Å². The van der Waals surface area contributed by atoms with E-state index in [0.29, 0.717) is 11.3 Å². The normalized spacial score (nSPS) is 11.6. The molecule has 0 radical (unpaired) electrons. The van der Waals surface area contributed by atoms with Crippen molar-refractivity contribution in [2.24, 2.45) is 0 Å². The van der Waals surface area contributed by atoms with E-state index in [1.54, 1.807) is 31.2 Å². The first-order valence-electron chi connectivity index (χ1n) is 7.03. The van der Waals surface area contributed by atoms with Crippen LogP contribution in [0.1, 0.15) is 30.2 Å². The van der Waals surface area contributed by atoms with Crippen molar-refractivity contribution >= 4 is 23.1 Å². The largest absolute Gasteiger partial charge is 0.475 e. The second-order valence-corrected chi connectivity index (χ2v) is 5.06. The number of rotatable bonds is 6. The van der Waals surface area contributed by atoms with Crippen molar-refractivity contribution in [1.29, 1.82) is 0 Å². The number of carbonyl (C=O) groups is 2. The fraction of sp³-hybridized carbons (Fsp3) is 0.267. The molecule has 1 heterocycles. The molecule has 0 spiro atoms. The zero-order chi connectivity index (χ0) is 17.9. The van der Waals surface area contributed by atoms with Crippen LogP contribution in [-0.4, -0.2) is 33.5 Å². The standard InChI is InChI=1S/C15H16N4O5/c1-9(18-8-13(19(22)23)15(17-18)24-3)14(21)16-12-6-4-11(5-7-12)10(2)20/h4-9H,1-3H3,(H,16,21). The summed E-state index contributed by atoms with van der Waals surface area (Å²) in [6, 6.07) is 5.62. The number of carbonyl (C=O) groups excluding carboxylic acids is 2. The molecule has 0 saturated carbocycles. The van der Waals surface area contributed by atoms with E-state index in [1.807, 2.05) is 0 Å². The Morgan fingerprint density at radius 1 is 1.33 bits per heavy atom. The highest BCUT2D eigenvalue weighted by molar-refractivity contribution is 5.96. The van der Waals surface area contributed by atoms with E-state index in [4.69, 9.17) is 4.74 Å². The van der Waals surface area contributed by atoms with Crippen molar-refractivity contribution < 1.29 is 19.2 Å². The zero-order valence-corrected chi connectivity index (χ0v) is 13.3. The minimum absolute atomic E-state index is 0.0720. The number of Topliss-reactive ketones (excluding diaryl/α,β-unsaturated/α-hetero) is 1. The third kappa shape index (κ3) is 3.57. The van der Waals surface area contributed by atoms with E-state index >= 15 is 0 Å². The van der Waals surface area contributed by atoms with Crippen LogP contribution in [0.25, 0.3) is 0 Å². The average molecular weight is 332 g/mol. The van der Waals surface area contributed by atoms with Gasteiger partial charge in [0.1, 0.15) is 12.2 Å². The molecule has 9 heteroatoms. The Kier molecular flexibility index (Phi) is 4.93. The Morgan fingerprint density at radius 3 is 2.42 bits per heavy atom. The van der Waals surface area contributed by atoms with Crippen molar-refractivity contribution in [2.75, 3.05) is 12.4 Å². The van der Waals surface area contributed by atoms with Gasteiger partial charge in [-0.05, 0) is 38.1 Å². The summed E-state index contributed by atoms with van der Waals surface area (Å²) in [7, 11) is 1.26. The molecule has 1 aromatic carbocycles. The van der Waals surface area contributed by atoms with Crippen molar-refractivity contribution in [3.05, 3.63) is 46.1 Å². The van der Waals surface area contributed by atoms with Gasteiger partial charge in [-0.1, -0.05) is 0 Å². The molecule has 9 nitrogen and oxygen atoms in total. The summed E-state index contributed by atoms with van der Waals surface area (Å²) in [4.78, 5) is 33.8. The van der Waals surface area contributed by atoms with Gasteiger partial charge in [0.25, 0.3) is 0 Å². The molecule has 0 aliphatic rings. The number of benzene rings is 1. The van der Waals surface area contributed by atoms with E-state index in [0.717, 1.165) is 10.9 Å². The predicted octanol–water partition coefficient (Wildman–Crippen LogP) is 2.20.